The van der Waals surface area contributed by atoms with Crippen LogP contribution in [0.4, 0.5) is 4.39 Å². The predicted molar refractivity (Wildman–Crippen MR) is 66.2 cm³/mol. The second-order valence-corrected chi connectivity index (χ2v) is 3.81. The number of nitrogens with one attached hydrogen (secondary N) is 1. The molecule has 20 heavy (non-hydrogen) atoms. The topological polar surface area (TPSA) is 88.4 Å². The highest BCUT2D eigenvalue weighted by Crippen LogP contribution is 2.20. The number of rotatable bonds is 5. The molecule has 7 heteroatoms. The molecule has 1 amide bonds. The van der Waals surface area contributed by atoms with Crippen LogP contribution in [-0.4, -0.2) is 31.6 Å². The van der Waals surface area contributed by atoms with Crippen molar-refractivity contribution < 1.29 is 23.5 Å². The summed E-state index contributed by atoms with van der Waals surface area (Å²) in [6.45, 7) is 0.962. The third-order valence-electron chi connectivity index (χ3n) is 2.36. The minimum atomic E-state index is -1.03. The molecule has 0 aliphatic carbocycles. The smallest absolute Gasteiger partial charge is 0.331 e. The molecule has 0 saturated carbocycles. The van der Waals surface area contributed by atoms with Crippen LogP contribution in [0.1, 0.15) is 12.5 Å². The van der Waals surface area contributed by atoms with E-state index in [-0.39, 0.29) is 17.9 Å². The molecular weight excluding hydrogens is 267 g/mol. The largest absolute Gasteiger partial charge is 0.489 e. The van der Waals surface area contributed by atoms with Gasteiger partial charge in [-0.3, -0.25) is 4.79 Å². The molecule has 1 unspecified atom stereocenters. The lowest BCUT2D eigenvalue weighted by Gasteiger charge is -2.16. The van der Waals surface area contributed by atoms with E-state index in [1.165, 1.54) is 26.2 Å². The van der Waals surface area contributed by atoms with Gasteiger partial charge in [-0.25, -0.2) is 9.18 Å². The predicted octanol–water partition coefficient (Wildman–Crippen LogP) is 0.754. The number of amides is 1. The van der Waals surface area contributed by atoms with Crippen molar-refractivity contribution in [1.29, 1.82) is 5.26 Å². The van der Waals surface area contributed by atoms with Crippen LogP contribution in [0.15, 0.2) is 18.2 Å². The molecule has 6 nitrogen and oxygen atoms in total. The van der Waals surface area contributed by atoms with Crippen molar-refractivity contribution in [2.45, 2.75) is 13.0 Å². The molecule has 0 heterocycles. The Morgan fingerprint density at radius 2 is 2.20 bits per heavy atom. The highest BCUT2D eigenvalue weighted by molar-refractivity contribution is 5.83. The van der Waals surface area contributed by atoms with E-state index < -0.39 is 23.7 Å². The highest BCUT2D eigenvalue weighted by atomic mass is 19.1. The standard InChI is InChI=1S/C13H13FN2O4/c1-8(17)16-11(13(18)19-2)7-20-12-5-3-4-10(14)9(12)6-15/h3-5,11H,7H2,1-2H3,(H,16,17). The number of carbonyl (C=O) groups is 2. The molecule has 0 aliphatic heterocycles. The summed E-state index contributed by atoms with van der Waals surface area (Å²) >= 11 is 0. The number of carbonyl (C=O) groups excluding carboxylic acids is 2. The van der Waals surface area contributed by atoms with Gasteiger partial charge in [0.2, 0.25) is 5.91 Å². The van der Waals surface area contributed by atoms with Crippen LogP contribution in [-0.2, 0) is 14.3 Å². The van der Waals surface area contributed by atoms with E-state index in [9.17, 15) is 14.0 Å². The highest BCUT2D eigenvalue weighted by Gasteiger charge is 2.22. The molecule has 0 aromatic heterocycles. The van der Waals surface area contributed by atoms with Crippen molar-refractivity contribution in [3.05, 3.63) is 29.6 Å². The zero-order valence-corrected chi connectivity index (χ0v) is 11.0. The lowest BCUT2D eigenvalue weighted by molar-refractivity contribution is -0.145. The van der Waals surface area contributed by atoms with E-state index in [1.807, 2.05) is 0 Å². The van der Waals surface area contributed by atoms with Gasteiger partial charge in [-0.15, -0.1) is 0 Å². The van der Waals surface area contributed by atoms with Crippen LogP contribution in [0.25, 0.3) is 0 Å². The van der Waals surface area contributed by atoms with Gasteiger partial charge in [0.05, 0.1) is 7.11 Å². The minimum absolute atomic E-state index is 0.00763. The quantitative estimate of drug-likeness (QED) is 0.804. The Bertz CT molecular complexity index is 554. The van der Waals surface area contributed by atoms with Crippen LogP contribution in [0.2, 0.25) is 0 Å². The molecule has 0 fully saturated rings. The second kappa shape index (κ2) is 7.09. The monoisotopic (exact) mass is 280 g/mol. The van der Waals surface area contributed by atoms with E-state index in [0.717, 1.165) is 6.07 Å². The van der Waals surface area contributed by atoms with Gasteiger partial charge in [-0.05, 0) is 12.1 Å². The number of hydrogen-bond donors (Lipinski definition) is 1. The number of methoxy groups -OCH3 is 1. The third-order valence-corrected chi connectivity index (χ3v) is 2.36. The molecule has 1 aromatic carbocycles. The number of nitriles is 1. The first-order valence-corrected chi connectivity index (χ1v) is 5.66. The number of esters is 1. The van der Waals surface area contributed by atoms with E-state index in [4.69, 9.17) is 10.00 Å². The van der Waals surface area contributed by atoms with Crippen molar-refractivity contribution in [3.8, 4) is 11.8 Å². The molecule has 0 aliphatic rings. The summed E-state index contributed by atoms with van der Waals surface area (Å²) in [6, 6.07) is 4.52. The summed E-state index contributed by atoms with van der Waals surface area (Å²) in [5, 5.41) is 11.2. The molecule has 0 saturated heterocycles. The third kappa shape index (κ3) is 3.95. The summed E-state index contributed by atoms with van der Waals surface area (Å²) in [6.07, 6.45) is 0. The summed E-state index contributed by atoms with van der Waals surface area (Å²) < 4.78 is 23.1. The summed E-state index contributed by atoms with van der Waals surface area (Å²) in [7, 11) is 1.17. The zero-order chi connectivity index (χ0) is 15.1. The van der Waals surface area contributed by atoms with Crippen LogP contribution in [0.5, 0.6) is 5.75 Å². The maximum atomic E-state index is 13.3. The fourth-order valence-corrected chi connectivity index (χ4v) is 1.46. The van der Waals surface area contributed by atoms with Gasteiger partial charge >= 0.3 is 5.97 Å². The van der Waals surface area contributed by atoms with E-state index in [1.54, 1.807) is 6.07 Å². The van der Waals surface area contributed by atoms with Crippen LogP contribution in [0, 0.1) is 17.1 Å². The maximum Gasteiger partial charge on any atom is 0.331 e. The molecule has 1 N–H and O–H groups in total. The van der Waals surface area contributed by atoms with Gasteiger partial charge in [0.15, 0.2) is 6.04 Å². The molecule has 1 aromatic rings. The summed E-state index contributed by atoms with van der Waals surface area (Å²) in [4.78, 5) is 22.4. The Kier molecular flexibility index (Phi) is 5.47. The van der Waals surface area contributed by atoms with Crippen LogP contribution >= 0.6 is 0 Å². The number of benzene rings is 1. The summed E-state index contributed by atoms with van der Waals surface area (Å²) in [5.74, 6) is -1.87. The number of hydrogen-bond acceptors (Lipinski definition) is 5. The maximum absolute atomic E-state index is 13.3. The molecule has 0 bridgehead atoms. The fourth-order valence-electron chi connectivity index (χ4n) is 1.46. The molecule has 106 valence electrons. The van der Waals surface area contributed by atoms with E-state index in [2.05, 4.69) is 10.1 Å². The van der Waals surface area contributed by atoms with Crippen molar-refractivity contribution in [2.24, 2.45) is 0 Å². The van der Waals surface area contributed by atoms with Crippen molar-refractivity contribution in [1.82, 2.24) is 5.32 Å². The van der Waals surface area contributed by atoms with Gasteiger partial charge in [-0.1, -0.05) is 6.07 Å². The van der Waals surface area contributed by atoms with Crippen LogP contribution in [0.3, 0.4) is 0 Å². The first-order chi connectivity index (χ1) is 9.49. The average Bonchev–Trinajstić information content (AvgIpc) is 2.42. The van der Waals surface area contributed by atoms with Gasteiger partial charge in [0.1, 0.15) is 29.8 Å². The van der Waals surface area contributed by atoms with Crippen molar-refractivity contribution in [3.63, 3.8) is 0 Å². The molecule has 1 atom stereocenters. The Labute approximate surface area is 115 Å². The van der Waals surface area contributed by atoms with Crippen molar-refractivity contribution >= 4 is 11.9 Å². The Morgan fingerprint density at radius 1 is 1.50 bits per heavy atom. The lowest BCUT2D eigenvalue weighted by Crippen LogP contribution is -2.44. The minimum Gasteiger partial charge on any atom is -0.489 e. The Hall–Kier alpha value is -2.62. The van der Waals surface area contributed by atoms with Crippen LogP contribution < -0.4 is 10.1 Å². The average molecular weight is 280 g/mol. The molecule has 1 rings (SSSR count). The lowest BCUT2D eigenvalue weighted by atomic mass is 10.2. The second-order valence-electron chi connectivity index (χ2n) is 3.81. The number of nitrogens with zero attached hydrogens (tertiary/aromatic N) is 1. The normalized spacial score (nSPS) is 11.1. The van der Waals surface area contributed by atoms with Gasteiger partial charge < -0.3 is 14.8 Å². The molecule has 0 radical (unpaired) electrons. The Morgan fingerprint density at radius 3 is 2.75 bits per heavy atom. The Balaban J connectivity index is 2.83. The van der Waals surface area contributed by atoms with E-state index in [0.29, 0.717) is 0 Å². The van der Waals surface area contributed by atoms with Gasteiger partial charge in [-0.2, -0.15) is 5.26 Å². The summed E-state index contributed by atoms with van der Waals surface area (Å²) in [5.41, 5.74) is -0.265. The zero-order valence-electron chi connectivity index (χ0n) is 11.0. The number of ether oxygens (including phenoxy) is 2. The molecular formula is C13H13FN2O4. The number of halogens is 1. The van der Waals surface area contributed by atoms with Gasteiger partial charge in [0.25, 0.3) is 0 Å². The molecule has 0 spiro atoms. The fraction of sp³-hybridized carbons (Fsp3) is 0.308. The van der Waals surface area contributed by atoms with Gasteiger partial charge in [0, 0.05) is 6.92 Å². The SMILES string of the molecule is COC(=O)C(COc1cccc(F)c1C#N)NC(C)=O. The van der Waals surface area contributed by atoms with E-state index >= 15 is 0 Å². The van der Waals surface area contributed by atoms with Crippen molar-refractivity contribution in [2.75, 3.05) is 13.7 Å². The first kappa shape index (κ1) is 15.4. The first-order valence-electron chi connectivity index (χ1n) is 5.66.